The maximum atomic E-state index is 13.6. The zero-order valence-corrected chi connectivity index (χ0v) is 13.1. The van der Waals surface area contributed by atoms with Gasteiger partial charge in [-0.1, -0.05) is 18.2 Å². The lowest BCUT2D eigenvalue weighted by atomic mass is 9.99. The molecular weight excluding hydrogens is 324 g/mol. The molecule has 0 aliphatic heterocycles. The van der Waals surface area contributed by atoms with Gasteiger partial charge in [-0.25, -0.2) is 8.78 Å². The van der Waals surface area contributed by atoms with Crippen LogP contribution in [0.5, 0.6) is 0 Å². The van der Waals surface area contributed by atoms with Gasteiger partial charge >= 0.3 is 0 Å². The Kier molecular flexibility index (Phi) is 4.70. The monoisotopic (exact) mass is 339 g/mol. The Morgan fingerprint density at radius 3 is 2.28 bits per heavy atom. The predicted octanol–water partition coefficient (Wildman–Crippen LogP) is 3.46. The number of aromatic nitrogens is 1. The summed E-state index contributed by atoms with van der Waals surface area (Å²) in [4.78, 5) is 16.6. The normalized spacial score (nSPS) is 11.8. The number of pyridine rings is 1. The summed E-state index contributed by atoms with van der Waals surface area (Å²) in [6, 6.07) is 12.8. The number of nitrogens with one attached hydrogen (secondary N) is 1. The number of nitrogens with zero attached hydrogens (tertiary/aromatic N) is 1. The van der Waals surface area contributed by atoms with Gasteiger partial charge in [0.25, 0.3) is 5.91 Å². The highest BCUT2D eigenvalue weighted by Crippen LogP contribution is 2.24. The Labute approximate surface area is 143 Å². The molecule has 0 fully saturated rings. The van der Waals surface area contributed by atoms with Crippen LogP contribution in [0.2, 0.25) is 0 Å². The van der Waals surface area contributed by atoms with Gasteiger partial charge in [-0.2, -0.15) is 0 Å². The highest BCUT2D eigenvalue weighted by Gasteiger charge is 2.20. The maximum Gasteiger partial charge on any atom is 0.254 e. The number of halogens is 2. The smallest absolute Gasteiger partial charge is 0.254 e. The zero-order chi connectivity index (χ0) is 17.8. The molecule has 0 saturated carbocycles. The highest BCUT2D eigenvalue weighted by molar-refractivity contribution is 5.99. The Morgan fingerprint density at radius 1 is 0.960 bits per heavy atom. The molecule has 6 heteroatoms. The Morgan fingerprint density at radius 2 is 1.60 bits per heavy atom. The summed E-state index contributed by atoms with van der Waals surface area (Å²) in [6.45, 7) is 0. The first-order valence-corrected chi connectivity index (χ1v) is 7.56. The van der Waals surface area contributed by atoms with Crippen LogP contribution >= 0.6 is 0 Å². The molecule has 1 heterocycles. The number of nitrogen functional groups attached to an aromatic ring is 1. The Balaban J connectivity index is 1.96. The van der Waals surface area contributed by atoms with E-state index < -0.39 is 17.8 Å². The van der Waals surface area contributed by atoms with Gasteiger partial charge in [0.2, 0.25) is 0 Å². The number of rotatable bonds is 4. The van der Waals surface area contributed by atoms with Crippen molar-refractivity contribution in [2.75, 3.05) is 5.73 Å². The van der Waals surface area contributed by atoms with E-state index >= 15 is 0 Å². The Hall–Kier alpha value is -3.28. The van der Waals surface area contributed by atoms with Crippen LogP contribution in [0.3, 0.4) is 0 Å². The third-order valence-corrected chi connectivity index (χ3v) is 3.82. The second-order valence-corrected chi connectivity index (χ2v) is 5.44. The highest BCUT2D eigenvalue weighted by atomic mass is 19.1. The number of carbonyl (C=O) groups is 1. The van der Waals surface area contributed by atoms with E-state index in [-0.39, 0.29) is 17.1 Å². The van der Waals surface area contributed by atoms with Crippen LogP contribution in [-0.4, -0.2) is 10.9 Å². The molecule has 1 atom stereocenters. The first kappa shape index (κ1) is 16.6. The molecular formula is C19H15F2N3O. The Bertz CT molecular complexity index is 883. The topological polar surface area (TPSA) is 68.0 Å². The summed E-state index contributed by atoms with van der Waals surface area (Å²) in [5, 5.41) is 2.82. The standard InChI is InChI=1S/C19H15F2N3O/c20-14-6-4-12(5-7-14)18(13-8-10-23-11-9-13)24-19(25)15-2-1-3-16(21)17(15)22/h1-11,18H,22H2,(H,24,25). The number of para-hydroxylation sites is 1. The molecule has 1 unspecified atom stereocenters. The van der Waals surface area contributed by atoms with E-state index in [0.29, 0.717) is 5.56 Å². The molecule has 2 aromatic carbocycles. The minimum absolute atomic E-state index is 0.0427. The molecule has 3 aromatic rings. The number of benzene rings is 2. The van der Waals surface area contributed by atoms with Gasteiger partial charge in [-0.15, -0.1) is 0 Å². The van der Waals surface area contributed by atoms with Gasteiger partial charge in [0.15, 0.2) is 0 Å². The fraction of sp³-hybridized carbons (Fsp3) is 0.0526. The van der Waals surface area contributed by atoms with Gasteiger partial charge in [-0.05, 0) is 47.5 Å². The summed E-state index contributed by atoms with van der Waals surface area (Å²) in [6.07, 6.45) is 3.18. The van der Waals surface area contributed by atoms with Crippen LogP contribution in [0.15, 0.2) is 67.0 Å². The molecule has 1 amide bonds. The summed E-state index contributed by atoms with van der Waals surface area (Å²) in [5.41, 5.74) is 6.92. The number of anilines is 1. The van der Waals surface area contributed by atoms with Crippen molar-refractivity contribution in [3.8, 4) is 0 Å². The van der Waals surface area contributed by atoms with Crippen LogP contribution < -0.4 is 11.1 Å². The van der Waals surface area contributed by atoms with Gasteiger partial charge in [-0.3, -0.25) is 9.78 Å². The summed E-state index contributed by atoms with van der Waals surface area (Å²) < 4.78 is 26.8. The quantitative estimate of drug-likeness (QED) is 0.715. The van der Waals surface area contributed by atoms with Crippen LogP contribution in [0.1, 0.15) is 27.5 Å². The second-order valence-electron chi connectivity index (χ2n) is 5.44. The van der Waals surface area contributed by atoms with Crippen molar-refractivity contribution in [1.29, 1.82) is 0 Å². The molecule has 0 saturated heterocycles. The largest absolute Gasteiger partial charge is 0.396 e. The van der Waals surface area contributed by atoms with E-state index in [1.165, 1.54) is 30.3 Å². The summed E-state index contributed by atoms with van der Waals surface area (Å²) in [5.74, 6) is -1.56. The lowest BCUT2D eigenvalue weighted by Gasteiger charge is -2.20. The number of hydrogen-bond acceptors (Lipinski definition) is 3. The molecule has 0 aliphatic rings. The van der Waals surface area contributed by atoms with Crippen molar-refractivity contribution in [1.82, 2.24) is 10.3 Å². The predicted molar refractivity (Wildman–Crippen MR) is 90.8 cm³/mol. The van der Waals surface area contributed by atoms with E-state index in [9.17, 15) is 13.6 Å². The average Bonchev–Trinajstić information content (AvgIpc) is 2.63. The summed E-state index contributed by atoms with van der Waals surface area (Å²) in [7, 11) is 0. The average molecular weight is 339 g/mol. The molecule has 25 heavy (non-hydrogen) atoms. The van der Waals surface area contributed by atoms with Crippen LogP contribution in [0.25, 0.3) is 0 Å². The molecule has 0 radical (unpaired) electrons. The third kappa shape index (κ3) is 3.63. The molecule has 0 bridgehead atoms. The second kappa shape index (κ2) is 7.09. The molecule has 0 spiro atoms. The van der Waals surface area contributed by atoms with Gasteiger partial charge in [0.1, 0.15) is 11.6 Å². The fourth-order valence-electron chi connectivity index (χ4n) is 2.51. The van der Waals surface area contributed by atoms with Crippen molar-refractivity contribution in [3.05, 3.63) is 95.3 Å². The minimum Gasteiger partial charge on any atom is -0.396 e. The maximum absolute atomic E-state index is 13.6. The fourth-order valence-corrected chi connectivity index (χ4v) is 2.51. The van der Waals surface area contributed by atoms with Crippen molar-refractivity contribution >= 4 is 11.6 Å². The van der Waals surface area contributed by atoms with Gasteiger partial charge in [0.05, 0.1) is 17.3 Å². The van der Waals surface area contributed by atoms with Crippen molar-refractivity contribution in [2.45, 2.75) is 6.04 Å². The molecule has 1 aromatic heterocycles. The molecule has 4 nitrogen and oxygen atoms in total. The zero-order valence-electron chi connectivity index (χ0n) is 13.1. The lowest BCUT2D eigenvalue weighted by molar-refractivity contribution is 0.0943. The first-order chi connectivity index (χ1) is 12.1. The molecule has 0 aliphatic carbocycles. The molecule has 126 valence electrons. The van der Waals surface area contributed by atoms with Crippen molar-refractivity contribution in [2.24, 2.45) is 0 Å². The number of carbonyl (C=O) groups excluding carboxylic acids is 1. The van der Waals surface area contributed by atoms with E-state index in [4.69, 9.17) is 5.73 Å². The molecule has 3 rings (SSSR count). The molecule has 3 N–H and O–H groups in total. The number of amides is 1. The SMILES string of the molecule is Nc1c(F)cccc1C(=O)NC(c1ccncc1)c1ccc(F)cc1. The third-order valence-electron chi connectivity index (χ3n) is 3.82. The van der Waals surface area contributed by atoms with Crippen molar-refractivity contribution in [3.63, 3.8) is 0 Å². The van der Waals surface area contributed by atoms with E-state index in [1.54, 1.807) is 36.7 Å². The van der Waals surface area contributed by atoms with Gasteiger partial charge in [0, 0.05) is 12.4 Å². The van der Waals surface area contributed by atoms with Crippen molar-refractivity contribution < 1.29 is 13.6 Å². The minimum atomic E-state index is -0.658. The number of nitrogens with two attached hydrogens (primary N) is 1. The lowest BCUT2D eigenvalue weighted by Crippen LogP contribution is -2.30. The van der Waals surface area contributed by atoms with Crippen LogP contribution in [-0.2, 0) is 0 Å². The van der Waals surface area contributed by atoms with Crippen LogP contribution in [0, 0.1) is 11.6 Å². The first-order valence-electron chi connectivity index (χ1n) is 7.56. The van der Waals surface area contributed by atoms with E-state index in [2.05, 4.69) is 10.3 Å². The van der Waals surface area contributed by atoms with Gasteiger partial charge < -0.3 is 11.1 Å². The van der Waals surface area contributed by atoms with E-state index in [1.807, 2.05) is 0 Å². The number of hydrogen-bond donors (Lipinski definition) is 2. The summed E-state index contributed by atoms with van der Waals surface area (Å²) >= 11 is 0. The van der Waals surface area contributed by atoms with Crippen LogP contribution in [0.4, 0.5) is 14.5 Å². The van der Waals surface area contributed by atoms with E-state index in [0.717, 1.165) is 5.56 Å².